The molecule has 0 saturated carbocycles. The number of nitrogens with one attached hydrogen (secondary N) is 2. The zero-order valence-electron chi connectivity index (χ0n) is 15.7. The number of hydrogen-bond acceptors (Lipinski definition) is 5. The third kappa shape index (κ3) is 3.48. The highest BCUT2D eigenvalue weighted by molar-refractivity contribution is 5.89. The van der Waals surface area contributed by atoms with Crippen LogP contribution in [-0.2, 0) is 6.54 Å². The second-order valence-corrected chi connectivity index (χ2v) is 7.22. The maximum Gasteiger partial charge on any atom is 0.316 e. The molecule has 0 unspecified atom stereocenters. The van der Waals surface area contributed by atoms with Gasteiger partial charge in [-0.2, -0.15) is 5.10 Å². The number of carbonyl (C=O) groups excluding carboxylic acids is 1. The van der Waals surface area contributed by atoms with E-state index in [4.69, 9.17) is 5.73 Å². The number of piperidine rings is 1. The van der Waals surface area contributed by atoms with Crippen molar-refractivity contribution in [3.05, 3.63) is 52.2 Å². The molecule has 0 bridgehead atoms. The van der Waals surface area contributed by atoms with Gasteiger partial charge in [-0.1, -0.05) is 12.1 Å². The largest absolute Gasteiger partial charge is 0.351 e. The van der Waals surface area contributed by atoms with Crippen LogP contribution in [0.4, 0.5) is 10.5 Å². The molecule has 1 aliphatic heterocycles. The molecule has 2 aromatic heterocycles. The minimum atomic E-state index is -0.580. The van der Waals surface area contributed by atoms with Crippen LogP contribution in [0.5, 0.6) is 0 Å². The van der Waals surface area contributed by atoms with Crippen molar-refractivity contribution in [2.45, 2.75) is 25.3 Å². The summed E-state index contributed by atoms with van der Waals surface area (Å²) >= 11 is 0. The second kappa shape index (κ2) is 7.43. The van der Waals surface area contributed by atoms with Crippen LogP contribution in [-0.4, -0.2) is 50.8 Å². The molecule has 0 radical (unpaired) electrons. The van der Waals surface area contributed by atoms with Crippen molar-refractivity contribution >= 4 is 22.8 Å². The third-order valence-electron chi connectivity index (χ3n) is 5.34. The summed E-state index contributed by atoms with van der Waals surface area (Å²) in [5, 5.41) is 7.58. The van der Waals surface area contributed by atoms with Gasteiger partial charge in [0.2, 0.25) is 0 Å². The van der Waals surface area contributed by atoms with E-state index in [1.54, 1.807) is 4.68 Å². The summed E-state index contributed by atoms with van der Waals surface area (Å²) in [6.45, 7) is 2.45. The number of hydrogen-bond donors (Lipinski definition) is 3. The van der Waals surface area contributed by atoms with E-state index >= 15 is 0 Å². The number of nitrogens with two attached hydrogens (primary N) is 1. The van der Waals surface area contributed by atoms with Gasteiger partial charge in [0.1, 0.15) is 5.39 Å². The van der Waals surface area contributed by atoms with Crippen LogP contribution in [0, 0.1) is 0 Å². The first-order valence-corrected chi connectivity index (χ1v) is 9.29. The quantitative estimate of drug-likeness (QED) is 0.632. The molecule has 4 N–H and O–H groups in total. The van der Waals surface area contributed by atoms with Gasteiger partial charge in [0, 0.05) is 5.69 Å². The summed E-state index contributed by atoms with van der Waals surface area (Å²) in [6, 6.07) is 5.22. The van der Waals surface area contributed by atoms with Gasteiger partial charge in [0.05, 0.1) is 19.1 Å². The molecule has 0 spiro atoms. The van der Waals surface area contributed by atoms with Crippen LogP contribution in [0.25, 0.3) is 11.0 Å². The average Bonchev–Trinajstić information content (AvgIpc) is 3.07. The Kier molecular flexibility index (Phi) is 4.82. The molecule has 3 aromatic rings. The molecule has 3 heterocycles. The fourth-order valence-corrected chi connectivity index (χ4v) is 3.95. The molecule has 1 aliphatic rings. The lowest BCUT2D eigenvalue weighted by Crippen LogP contribution is -2.30. The van der Waals surface area contributed by atoms with Gasteiger partial charge in [-0.05, 0) is 56.1 Å². The van der Waals surface area contributed by atoms with Crippen molar-refractivity contribution in [1.82, 2.24) is 24.6 Å². The Labute approximate surface area is 161 Å². The summed E-state index contributed by atoms with van der Waals surface area (Å²) in [5.41, 5.74) is 8.58. The number of anilines is 1. The normalized spacial score (nSPS) is 15.8. The number of benzene rings is 1. The lowest BCUT2D eigenvalue weighted by Gasteiger charge is -2.31. The van der Waals surface area contributed by atoms with Crippen molar-refractivity contribution in [2.24, 2.45) is 5.73 Å². The molecule has 0 atom stereocenters. The van der Waals surface area contributed by atoms with Crippen molar-refractivity contribution in [3.63, 3.8) is 0 Å². The van der Waals surface area contributed by atoms with E-state index in [0.29, 0.717) is 23.5 Å². The molecule has 28 heavy (non-hydrogen) atoms. The number of primary amides is 1. The standard InChI is InChI=1S/C19H23N7O2/c1-25-7-5-12(6-8-25)16-13(3-2-4-15(16)24-19(20)28)10-26-17-14(9-23-26)18(27)22-11-21-17/h2-4,9,11-12H,5-8,10H2,1H3,(H3,20,24,28)(H,21,22,27). The Hall–Kier alpha value is -3.20. The van der Waals surface area contributed by atoms with E-state index < -0.39 is 6.03 Å². The Morgan fingerprint density at radius 1 is 1.36 bits per heavy atom. The number of aromatic nitrogens is 4. The number of rotatable bonds is 4. The summed E-state index contributed by atoms with van der Waals surface area (Å²) in [6.07, 6.45) is 4.91. The number of amides is 2. The predicted octanol–water partition coefficient (Wildman–Crippen LogP) is 1.47. The van der Waals surface area contributed by atoms with E-state index in [1.165, 1.54) is 12.5 Å². The smallest absolute Gasteiger partial charge is 0.316 e. The number of urea groups is 1. The van der Waals surface area contributed by atoms with Crippen molar-refractivity contribution in [2.75, 3.05) is 25.5 Å². The molecule has 4 rings (SSSR count). The molecule has 1 fully saturated rings. The Morgan fingerprint density at radius 2 is 2.14 bits per heavy atom. The van der Waals surface area contributed by atoms with E-state index in [1.807, 2.05) is 18.2 Å². The van der Waals surface area contributed by atoms with Gasteiger partial charge >= 0.3 is 6.03 Å². The van der Waals surface area contributed by atoms with E-state index in [2.05, 4.69) is 32.3 Å². The van der Waals surface area contributed by atoms with Crippen LogP contribution >= 0.6 is 0 Å². The molecule has 2 amide bonds. The van der Waals surface area contributed by atoms with Crippen LogP contribution < -0.4 is 16.6 Å². The first-order valence-electron chi connectivity index (χ1n) is 9.29. The molecule has 146 valence electrons. The first-order chi connectivity index (χ1) is 13.5. The molecule has 1 saturated heterocycles. The minimum Gasteiger partial charge on any atom is -0.351 e. The molecule has 9 heteroatoms. The maximum atomic E-state index is 11.9. The lowest BCUT2D eigenvalue weighted by molar-refractivity contribution is 0.254. The van der Waals surface area contributed by atoms with Gasteiger partial charge < -0.3 is 20.9 Å². The van der Waals surface area contributed by atoms with Gasteiger partial charge in [0.15, 0.2) is 5.65 Å². The summed E-state index contributed by atoms with van der Waals surface area (Å²) in [5.74, 6) is 0.312. The average molecular weight is 381 g/mol. The van der Waals surface area contributed by atoms with Crippen LogP contribution in [0.3, 0.4) is 0 Å². The first kappa shape index (κ1) is 18.2. The molecule has 0 aliphatic carbocycles. The van der Waals surface area contributed by atoms with Crippen molar-refractivity contribution < 1.29 is 4.79 Å². The van der Waals surface area contributed by atoms with Crippen LogP contribution in [0.1, 0.15) is 29.9 Å². The van der Waals surface area contributed by atoms with Gasteiger partial charge in [-0.25, -0.2) is 14.5 Å². The number of carbonyl (C=O) groups is 1. The second-order valence-electron chi connectivity index (χ2n) is 7.22. The summed E-state index contributed by atoms with van der Waals surface area (Å²) in [7, 11) is 2.11. The molecular formula is C19H23N7O2. The fourth-order valence-electron chi connectivity index (χ4n) is 3.95. The number of aromatic amines is 1. The van der Waals surface area contributed by atoms with E-state index in [0.717, 1.165) is 42.7 Å². The van der Waals surface area contributed by atoms with E-state index in [-0.39, 0.29) is 5.56 Å². The molecular weight excluding hydrogens is 358 g/mol. The highest BCUT2D eigenvalue weighted by atomic mass is 16.2. The van der Waals surface area contributed by atoms with Crippen LogP contribution in [0.15, 0.2) is 35.5 Å². The third-order valence-corrected chi connectivity index (χ3v) is 5.34. The Balaban J connectivity index is 1.76. The highest BCUT2D eigenvalue weighted by Gasteiger charge is 2.24. The topological polar surface area (TPSA) is 122 Å². The van der Waals surface area contributed by atoms with Gasteiger partial charge in [0.25, 0.3) is 5.56 Å². The zero-order valence-corrected chi connectivity index (χ0v) is 15.7. The molecule has 9 nitrogen and oxygen atoms in total. The Bertz CT molecular complexity index is 1060. The monoisotopic (exact) mass is 381 g/mol. The maximum absolute atomic E-state index is 11.9. The zero-order chi connectivity index (χ0) is 19.7. The number of fused-ring (bicyclic) bond motifs is 1. The van der Waals surface area contributed by atoms with Gasteiger partial charge in [-0.15, -0.1) is 0 Å². The van der Waals surface area contributed by atoms with Crippen LogP contribution in [0.2, 0.25) is 0 Å². The van der Waals surface area contributed by atoms with E-state index in [9.17, 15) is 9.59 Å². The van der Waals surface area contributed by atoms with Crippen molar-refractivity contribution in [3.8, 4) is 0 Å². The highest BCUT2D eigenvalue weighted by Crippen LogP contribution is 2.36. The predicted molar refractivity (Wildman–Crippen MR) is 106 cm³/mol. The Morgan fingerprint density at radius 3 is 2.89 bits per heavy atom. The minimum absolute atomic E-state index is 0.212. The SMILES string of the molecule is CN1CCC(c2c(Cn3ncc4c(=O)[nH]cnc43)cccc2NC(N)=O)CC1. The number of nitrogens with zero attached hydrogens (tertiary/aromatic N) is 4. The van der Waals surface area contributed by atoms with Gasteiger partial charge in [-0.3, -0.25) is 4.79 Å². The fraction of sp³-hybridized carbons (Fsp3) is 0.368. The number of likely N-dealkylation sites (tertiary alicyclic amines) is 1. The van der Waals surface area contributed by atoms with Crippen molar-refractivity contribution in [1.29, 1.82) is 0 Å². The lowest BCUT2D eigenvalue weighted by atomic mass is 9.85. The summed E-state index contributed by atoms with van der Waals surface area (Å²) in [4.78, 5) is 32.6. The molecule has 1 aromatic carbocycles. The summed E-state index contributed by atoms with van der Waals surface area (Å²) < 4.78 is 1.71. The number of H-pyrrole nitrogens is 1.